The van der Waals surface area contributed by atoms with E-state index in [2.05, 4.69) is 13.0 Å². The van der Waals surface area contributed by atoms with Gasteiger partial charge in [0.25, 0.3) is 0 Å². The van der Waals surface area contributed by atoms with E-state index in [-0.39, 0.29) is 6.61 Å². The van der Waals surface area contributed by atoms with Crippen LogP contribution in [0.2, 0.25) is 0 Å². The van der Waals surface area contributed by atoms with Gasteiger partial charge in [-0.05, 0) is 30.5 Å². The molecule has 3 heteroatoms. The third-order valence-corrected chi connectivity index (χ3v) is 4.83. The summed E-state index contributed by atoms with van der Waals surface area (Å²) in [6, 6.07) is 7.81. The SMILES string of the molecule is CCCCCCCCCCCCCCCc1cccc(OCC(=O)O)c1. The molecule has 0 aromatic heterocycles. The molecule has 0 atom stereocenters. The highest BCUT2D eigenvalue weighted by atomic mass is 16.5. The van der Waals surface area contributed by atoms with E-state index in [1.165, 1.54) is 89.0 Å². The summed E-state index contributed by atoms with van der Waals surface area (Å²) in [6.07, 6.45) is 18.8. The van der Waals surface area contributed by atoms with Crippen molar-refractivity contribution in [1.82, 2.24) is 0 Å². The van der Waals surface area contributed by atoms with E-state index in [1.807, 2.05) is 18.2 Å². The summed E-state index contributed by atoms with van der Waals surface area (Å²) >= 11 is 0. The number of carboxylic acids is 1. The molecule has 0 saturated carbocycles. The van der Waals surface area contributed by atoms with Crippen LogP contribution in [0.4, 0.5) is 0 Å². The Kier molecular flexibility index (Phi) is 13.6. The van der Waals surface area contributed by atoms with Crippen molar-refractivity contribution in [3.8, 4) is 5.75 Å². The van der Waals surface area contributed by atoms with Crippen molar-refractivity contribution in [3.05, 3.63) is 29.8 Å². The standard InChI is InChI=1S/C23H38O3/c1-2-3-4-5-6-7-8-9-10-11-12-13-14-16-21-17-15-18-22(19-21)26-20-23(24)25/h15,17-19H,2-14,16,20H2,1H3,(H,24,25). The largest absolute Gasteiger partial charge is 0.482 e. The molecule has 1 N–H and O–H groups in total. The molecule has 1 rings (SSSR count). The fourth-order valence-corrected chi connectivity index (χ4v) is 3.28. The molecule has 0 aliphatic rings. The van der Waals surface area contributed by atoms with Crippen molar-refractivity contribution in [2.45, 2.75) is 96.8 Å². The summed E-state index contributed by atoms with van der Waals surface area (Å²) in [7, 11) is 0. The van der Waals surface area contributed by atoms with Crippen LogP contribution in [0.1, 0.15) is 96.0 Å². The van der Waals surface area contributed by atoms with Gasteiger partial charge >= 0.3 is 5.97 Å². The minimum Gasteiger partial charge on any atom is -0.482 e. The third-order valence-electron chi connectivity index (χ3n) is 4.83. The molecule has 0 bridgehead atoms. The van der Waals surface area contributed by atoms with Crippen LogP contribution in [-0.4, -0.2) is 17.7 Å². The topological polar surface area (TPSA) is 46.5 Å². The van der Waals surface area contributed by atoms with Crippen molar-refractivity contribution in [1.29, 1.82) is 0 Å². The molecule has 0 saturated heterocycles. The highest BCUT2D eigenvalue weighted by Gasteiger charge is 2.01. The van der Waals surface area contributed by atoms with Crippen LogP contribution in [0.15, 0.2) is 24.3 Å². The van der Waals surface area contributed by atoms with E-state index in [4.69, 9.17) is 9.84 Å². The Morgan fingerprint density at radius 1 is 0.846 bits per heavy atom. The maximum Gasteiger partial charge on any atom is 0.341 e. The lowest BCUT2D eigenvalue weighted by molar-refractivity contribution is -0.139. The molecule has 26 heavy (non-hydrogen) atoms. The maximum absolute atomic E-state index is 10.5. The monoisotopic (exact) mass is 362 g/mol. The third kappa shape index (κ3) is 12.8. The van der Waals surface area contributed by atoms with Gasteiger partial charge in [-0.25, -0.2) is 4.79 Å². The van der Waals surface area contributed by atoms with Crippen molar-refractivity contribution in [2.75, 3.05) is 6.61 Å². The first kappa shape index (κ1) is 22.5. The van der Waals surface area contributed by atoms with Crippen molar-refractivity contribution in [2.24, 2.45) is 0 Å². The predicted octanol–water partition coefficient (Wildman–Crippen LogP) is 6.78. The Hall–Kier alpha value is -1.51. The smallest absolute Gasteiger partial charge is 0.341 e. The predicted molar refractivity (Wildman–Crippen MR) is 109 cm³/mol. The van der Waals surface area contributed by atoms with Crippen LogP contribution in [0.5, 0.6) is 5.75 Å². The first-order valence-electron chi connectivity index (χ1n) is 10.7. The molecule has 0 radical (unpaired) electrons. The number of carbonyl (C=O) groups is 1. The lowest BCUT2D eigenvalue weighted by atomic mass is 10.0. The molecule has 0 spiro atoms. The van der Waals surface area contributed by atoms with E-state index in [0.29, 0.717) is 5.75 Å². The van der Waals surface area contributed by atoms with Gasteiger partial charge in [-0.15, -0.1) is 0 Å². The van der Waals surface area contributed by atoms with Gasteiger partial charge in [0, 0.05) is 0 Å². The molecule has 1 aromatic rings. The van der Waals surface area contributed by atoms with Crippen molar-refractivity contribution < 1.29 is 14.6 Å². The molecule has 0 fully saturated rings. The van der Waals surface area contributed by atoms with Gasteiger partial charge in [-0.3, -0.25) is 0 Å². The summed E-state index contributed by atoms with van der Waals surface area (Å²) < 4.78 is 5.23. The van der Waals surface area contributed by atoms with Crippen molar-refractivity contribution >= 4 is 5.97 Å². The number of rotatable bonds is 17. The molecule has 0 unspecified atom stereocenters. The fourth-order valence-electron chi connectivity index (χ4n) is 3.28. The molecule has 0 heterocycles. The molecule has 1 aromatic carbocycles. The van der Waals surface area contributed by atoms with Crippen LogP contribution in [0.3, 0.4) is 0 Å². The first-order valence-corrected chi connectivity index (χ1v) is 10.7. The molecule has 148 valence electrons. The van der Waals surface area contributed by atoms with Gasteiger partial charge < -0.3 is 9.84 Å². The normalized spacial score (nSPS) is 10.8. The Labute approximate surface area is 160 Å². The second-order valence-electron chi connectivity index (χ2n) is 7.32. The van der Waals surface area contributed by atoms with E-state index in [1.54, 1.807) is 0 Å². The van der Waals surface area contributed by atoms with Gasteiger partial charge in [0.05, 0.1) is 0 Å². The molecular formula is C23H38O3. The Morgan fingerprint density at radius 3 is 1.92 bits per heavy atom. The second kappa shape index (κ2) is 15.7. The number of aryl methyl sites for hydroxylation is 1. The summed E-state index contributed by atoms with van der Waals surface area (Å²) in [5, 5.41) is 8.65. The van der Waals surface area contributed by atoms with Crippen LogP contribution >= 0.6 is 0 Å². The quantitative estimate of drug-likeness (QED) is 0.311. The molecule has 0 aliphatic carbocycles. The minimum absolute atomic E-state index is 0.276. The number of hydrogen-bond donors (Lipinski definition) is 1. The number of aliphatic carboxylic acids is 1. The average Bonchev–Trinajstić information content (AvgIpc) is 2.64. The molecule has 0 amide bonds. The van der Waals surface area contributed by atoms with Gasteiger partial charge in [-0.2, -0.15) is 0 Å². The number of benzene rings is 1. The molecular weight excluding hydrogens is 324 g/mol. The summed E-state index contributed by atoms with van der Waals surface area (Å²) in [5.74, 6) is -0.286. The van der Waals surface area contributed by atoms with Crippen LogP contribution in [0.25, 0.3) is 0 Å². The van der Waals surface area contributed by atoms with Gasteiger partial charge in [0.2, 0.25) is 0 Å². The van der Waals surface area contributed by atoms with Gasteiger partial charge in [0.15, 0.2) is 6.61 Å². The average molecular weight is 363 g/mol. The molecule has 0 aliphatic heterocycles. The zero-order chi connectivity index (χ0) is 18.9. The number of unbranched alkanes of at least 4 members (excludes halogenated alkanes) is 12. The highest BCUT2D eigenvalue weighted by Crippen LogP contribution is 2.17. The summed E-state index contributed by atoms with van der Waals surface area (Å²) in [6.45, 7) is 2.00. The second-order valence-corrected chi connectivity index (χ2v) is 7.32. The van der Waals surface area contributed by atoms with Crippen LogP contribution < -0.4 is 4.74 Å². The first-order chi connectivity index (χ1) is 12.7. The zero-order valence-electron chi connectivity index (χ0n) is 16.7. The van der Waals surface area contributed by atoms with Crippen LogP contribution in [-0.2, 0) is 11.2 Å². The minimum atomic E-state index is -0.938. The molecule has 3 nitrogen and oxygen atoms in total. The Balaban J connectivity index is 1.94. The zero-order valence-corrected chi connectivity index (χ0v) is 16.7. The summed E-state index contributed by atoms with van der Waals surface area (Å²) in [5.41, 5.74) is 1.23. The van der Waals surface area contributed by atoms with E-state index in [0.717, 1.165) is 6.42 Å². The van der Waals surface area contributed by atoms with Gasteiger partial charge in [-0.1, -0.05) is 96.1 Å². The number of carboxylic acid groups (broad SMARTS) is 1. The number of hydrogen-bond acceptors (Lipinski definition) is 2. The number of ether oxygens (including phenoxy) is 1. The fraction of sp³-hybridized carbons (Fsp3) is 0.696. The van der Waals surface area contributed by atoms with E-state index >= 15 is 0 Å². The maximum atomic E-state index is 10.5. The summed E-state index contributed by atoms with van der Waals surface area (Å²) in [4.78, 5) is 10.5. The lowest BCUT2D eigenvalue weighted by Gasteiger charge is -2.06. The van der Waals surface area contributed by atoms with Crippen LogP contribution in [0, 0.1) is 0 Å². The van der Waals surface area contributed by atoms with E-state index in [9.17, 15) is 4.79 Å². The lowest BCUT2D eigenvalue weighted by Crippen LogP contribution is -2.09. The van der Waals surface area contributed by atoms with Crippen molar-refractivity contribution in [3.63, 3.8) is 0 Å². The van der Waals surface area contributed by atoms with E-state index < -0.39 is 5.97 Å². The Morgan fingerprint density at radius 2 is 1.38 bits per heavy atom. The highest BCUT2D eigenvalue weighted by molar-refractivity contribution is 5.68. The van der Waals surface area contributed by atoms with Gasteiger partial charge in [0.1, 0.15) is 5.75 Å². The Bertz CT molecular complexity index is 470.